The largest absolute Gasteiger partial charge is 0.449 e. The molecule has 1 heterocycles. The van der Waals surface area contributed by atoms with E-state index in [1.807, 2.05) is 36.4 Å². The van der Waals surface area contributed by atoms with Crippen molar-refractivity contribution in [3.63, 3.8) is 0 Å². The van der Waals surface area contributed by atoms with E-state index in [2.05, 4.69) is 23.3 Å². The molecule has 0 unspecified atom stereocenters. The van der Waals surface area contributed by atoms with Crippen molar-refractivity contribution in [2.75, 3.05) is 32.1 Å². The van der Waals surface area contributed by atoms with Crippen LogP contribution in [0.25, 0.3) is 11.1 Å². The Hall–Kier alpha value is -2.84. The van der Waals surface area contributed by atoms with Gasteiger partial charge in [0.2, 0.25) is 0 Å². The summed E-state index contributed by atoms with van der Waals surface area (Å²) < 4.78 is 5.38. The number of likely N-dealkylation sites (tertiary alicyclic amines) is 1. The highest BCUT2D eigenvalue weighted by Gasteiger charge is 2.21. The summed E-state index contributed by atoms with van der Waals surface area (Å²) in [7, 11) is 2.08. The number of nitriles is 1. The maximum Gasteiger partial charge on any atom is 0.411 e. The first-order valence-electron chi connectivity index (χ1n) is 8.37. The number of para-hydroxylation sites is 1. The zero-order valence-electron chi connectivity index (χ0n) is 14.2. The average molecular weight is 335 g/mol. The van der Waals surface area contributed by atoms with E-state index in [1.165, 1.54) is 0 Å². The van der Waals surface area contributed by atoms with Crippen molar-refractivity contribution in [2.24, 2.45) is 5.92 Å². The van der Waals surface area contributed by atoms with Gasteiger partial charge in [-0.25, -0.2) is 4.79 Å². The SMILES string of the molecule is CN1CC[C@@H](COC(=O)Nc2ccccc2-c2cccc(C#N)c2)C1. The first-order chi connectivity index (χ1) is 12.2. The maximum absolute atomic E-state index is 12.2. The predicted octanol–water partition coefficient (Wildman–Crippen LogP) is 3.73. The number of hydrogen-bond donors (Lipinski definition) is 1. The molecular formula is C20H21N3O2. The second kappa shape index (κ2) is 7.82. The molecule has 2 aromatic rings. The lowest BCUT2D eigenvalue weighted by Gasteiger charge is -2.14. The van der Waals surface area contributed by atoms with Crippen LogP contribution in [0.2, 0.25) is 0 Å². The molecule has 5 nitrogen and oxygen atoms in total. The van der Waals surface area contributed by atoms with Crippen molar-refractivity contribution in [2.45, 2.75) is 6.42 Å². The van der Waals surface area contributed by atoms with Crippen molar-refractivity contribution < 1.29 is 9.53 Å². The summed E-state index contributed by atoms with van der Waals surface area (Å²) in [4.78, 5) is 14.4. The molecule has 1 aliphatic heterocycles. The quantitative estimate of drug-likeness (QED) is 0.925. The van der Waals surface area contributed by atoms with E-state index in [0.717, 1.165) is 30.6 Å². The van der Waals surface area contributed by atoms with E-state index in [1.54, 1.807) is 12.1 Å². The van der Waals surface area contributed by atoms with Gasteiger partial charge < -0.3 is 9.64 Å². The monoisotopic (exact) mass is 335 g/mol. The highest BCUT2D eigenvalue weighted by atomic mass is 16.5. The molecule has 25 heavy (non-hydrogen) atoms. The number of benzene rings is 2. The number of carbonyl (C=O) groups excluding carboxylic acids is 1. The number of carbonyl (C=O) groups is 1. The summed E-state index contributed by atoms with van der Waals surface area (Å²) in [6.07, 6.45) is 0.611. The van der Waals surface area contributed by atoms with Crippen LogP contribution < -0.4 is 5.32 Å². The van der Waals surface area contributed by atoms with Crippen LogP contribution in [-0.2, 0) is 4.74 Å². The Bertz CT molecular complexity index is 798. The number of hydrogen-bond acceptors (Lipinski definition) is 4. The Morgan fingerprint density at radius 3 is 2.92 bits per heavy atom. The van der Waals surface area contributed by atoms with Crippen molar-refractivity contribution in [3.8, 4) is 17.2 Å². The molecule has 1 N–H and O–H groups in total. The standard InChI is InChI=1S/C20H21N3O2/c1-23-10-9-16(13-23)14-25-20(24)22-19-8-3-2-7-18(19)17-6-4-5-15(11-17)12-21/h2-8,11,16H,9-10,13-14H2,1H3,(H,22,24)/t16-/m1/s1. The highest BCUT2D eigenvalue weighted by molar-refractivity contribution is 5.91. The number of ether oxygens (including phenoxy) is 1. The fourth-order valence-corrected chi connectivity index (χ4v) is 3.10. The van der Waals surface area contributed by atoms with Gasteiger partial charge in [-0.2, -0.15) is 5.26 Å². The van der Waals surface area contributed by atoms with Gasteiger partial charge >= 0.3 is 6.09 Å². The predicted molar refractivity (Wildman–Crippen MR) is 97.2 cm³/mol. The summed E-state index contributed by atoms with van der Waals surface area (Å²) in [6.45, 7) is 2.45. The van der Waals surface area contributed by atoms with E-state index >= 15 is 0 Å². The summed E-state index contributed by atoms with van der Waals surface area (Å²) >= 11 is 0. The van der Waals surface area contributed by atoms with Crippen LogP contribution >= 0.6 is 0 Å². The fourth-order valence-electron chi connectivity index (χ4n) is 3.10. The summed E-state index contributed by atoms with van der Waals surface area (Å²) in [5.74, 6) is 0.401. The molecule has 3 rings (SSSR count). The summed E-state index contributed by atoms with van der Waals surface area (Å²) in [6, 6.07) is 17.0. The van der Waals surface area contributed by atoms with Gasteiger partial charge in [0.15, 0.2) is 0 Å². The molecule has 1 aliphatic rings. The topological polar surface area (TPSA) is 65.4 Å². The second-order valence-corrected chi connectivity index (χ2v) is 6.38. The molecule has 0 saturated carbocycles. The molecular weight excluding hydrogens is 314 g/mol. The molecule has 5 heteroatoms. The number of anilines is 1. The smallest absolute Gasteiger partial charge is 0.411 e. The van der Waals surface area contributed by atoms with Crippen molar-refractivity contribution in [1.29, 1.82) is 5.26 Å². The van der Waals surface area contributed by atoms with Crippen LogP contribution in [-0.4, -0.2) is 37.7 Å². The lowest BCUT2D eigenvalue weighted by Crippen LogP contribution is -2.21. The molecule has 0 aromatic heterocycles. The summed E-state index contributed by atoms with van der Waals surface area (Å²) in [5.41, 5.74) is 3.00. The number of amides is 1. The van der Waals surface area contributed by atoms with E-state index in [9.17, 15) is 4.79 Å². The molecule has 2 aromatic carbocycles. The molecule has 0 aliphatic carbocycles. The van der Waals surface area contributed by atoms with Gasteiger partial charge in [0, 0.05) is 18.0 Å². The van der Waals surface area contributed by atoms with Gasteiger partial charge in [-0.15, -0.1) is 0 Å². The fraction of sp³-hybridized carbons (Fsp3) is 0.300. The number of rotatable bonds is 4. The van der Waals surface area contributed by atoms with Crippen LogP contribution in [0, 0.1) is 17.2 Å². The molecule has 1 atom stereocenters. The minimum Gasteiger partial charge on any atom is -0.449 e. The lowest BCUT2D eigenvalue weighted by atomic mass is 10.0. The third-order valence-electron chi connectivity index (χ3n) is 4.41. The van der Waals surface area contributed by atoms with E-state index < -0.39 is 6.09 Å². The third-order valence-corrected chi connectivity index (χ3v) is 4.41. The van der Waals surface area contributed by atoms with Crippen LogP contribution in [0.1, 0.15) is 12.0 Å². The zero-order chi connectivity index (χ0) is 17.6. The van der Waals surface area contributed by atoms with Crippen LogP contribution in [0.4, 0.5) is 10.5 Å². The van der Waals surface area contributed by atoms with Crippen molar-refractivity contribution >= 4 is 11.8 Å². The Morgan fingerprint density at radius 1 is 1.32 bits per heavy atom. The van der Waals surface area contributed by atoms with Gasteiger partial charge in [-0.3, -0.25) is 5.32 Å². The van der Waals surface area contributed by atoms with Gasteiger partial charge in [-0.1, -0.05) is 30.3 Å². The molecule has 0 bridgehead atoms. The second-order valence-electron chi connectivity index (χ2n) is 6.38. The van der Waals surface area contributed by atoms with Crippen molar-refractivity contribution in [3.05, 3.63) is 54.1 Å². The molecule has 0 spiro atoms. The minimum atomic E-state index is -0.446. The van der Waals surface area contributed by atoms with Crippen LogP contribution in [0.15, 0.2) is 48.5 Å². The molecule has 1 fully saturated rings. The molecule has 128 valence electrons. The first-order valence-corrected chi connectivity index (χ1v) is 8.37. The highest BCUT2D eigenvalue weighted by Crippen LogP contribution is 2.28. The van der Waals surface area contributed by atoms with Gasteiger partial charge in [0.1, 0.15) is 0 Å². The van der Waals surface area contributed by atoms with Crippen molar-refractivity contribution in [1.82, 2.24) is 4.90 Å². The van der Waals surface area contributed by atoms with Crippen LogP contribution in [0.5, 0.6) is 0 Å². The maximum atomic E-state index is 12.2. The Balaban J connectivity index is 1.68. The van der Waals surface area contributed by atoms with Gasteiger partial charge in [0.05, 0.1) is 23.9 Å². The molecule has 0 radical (unpaired) electrons. The summed E-state index contributed by atoms with van der Waals surface area (Å²) in [5, 5.41) is 11.9. The normalized spacial score (nSPS) is 17.0. The van der Waals surface area contributed by atoms with Gasteiger partial charge in [-0.05, 0) is 43.8 Å². The van der Waals surface area contributed by atoms with E-state index in [-0.39, 0.29) is 0 Å². The van der Waals surface area contributed by atoms with Crippen LogP contribution in [0.3, 0.4) is 0 Å². The first kappa shape index (κ1) is 17.0. The zero-order valence-corrected chi connectivity index (χ0v) is 14.2. The van der Waals surface area contributed by atoms with E-state index in [0.29, 0.717) is 23.8 Å². The number of nitrogens with one attached hydrogen (secondary N) is 1. The Labute approximate surface area is 147 Å². The molecule has 1 saturated heterocycles. The number of nitrogens with zero attached hydrogens (tertiary/aromatic N) is 2. The van der Waals surface area contributed by atoms with E-state index in [4.69, 9.17) is 10.00 Å². The third kappa shape index (κ3) is 4.37. The minimum absolute atomic E-state index is 0.401. The molecule has 1 amide bonds. The lowest BCUT2D eigenvalue weighted by molar-refractivity contribution is 0.142. The Morgan fingerprint density at radius 2 is 2.16 bits per heavy atom. The Kier molecular flexibility index (Phi) is 5.32. The average Bonchev–Trinajstić information content (AvgIpc) is 3.06. The van der Waals surface area contributed by atoms with Gasteiger partial charge in [0.25, 0.3) is 0 Å².